The molecule has 13 heteroatoms. The summed E-state index contributed by atoms with van der Waals surface area (Å²) in [5, 5.41) is 10.7. The lowest BCUT2D eigenvalue weighted by Gasteiger charge is -2.42. The van der Waals surface area contributed by atoms with E-state index in [4.69, 9.17) is 9.72 Å². The van der Waals surface area contributed by atoms with Crippen molar-refractivity contribution in [1.29, 1.82) is 0 Å². The minimum absolute atomic E-state index is 0.0459. The number of H-pyrrole nitrogens is 1. The number of piperazine rings is 1. The standard InChI is InChI=1S/C37H43FN8O4/c1-19(2)29-31(21(4)12-13-40-29)46-33-23(16-25(38)30(42-33)27-20(3)10-11-26-24(27)17-41-43-26)32(28(35(46)48)34(47)39-9)44-14-15-45(22(5)18-44)36(49)50-37(6,7)8/h10-13,16-17,19,22H,14-15,18H2,1-9H3,(H,39,47)(H,41,43)/t22-/m1/s1. The molecule has 12 nitrogen and oxygen atoms in total. The van der Waals surface area contributed by atoms with Crippen LogP contribution in [0.3, 0.4) is 0 Å². The van der Waals surface area contributed by atoms with Crippen LogP contribution in [0.15, 0.2) is 41.5 Å². The SMILES string of the molecule is CNC(=O)c1c(N2CCN(C(=O)OC(C)(C)C)[C@H](C)C2)c2cc(F)c(-c3c(C)ccc4[nH]ncc34)nc2n(-c2c(C)ccnc2C(C)C)c1=O. The number of ether oxygens (including phenoxy) is 1. The van der Waals surface area contributed by atoms with Gasteiger partial charge in [-0.3, -0.25) is 24.2 Å². The Kier molecular flexibility index (Phi) is 8.87. The highest BCUT2D eigenvalue weighted by molar-refractivity contribution is 6.08. The first-order valence-electron chi connectivity index (χ1n) is 16.8. The van der Waals surface area contributed by atoms with Gasteiger partial charge < -0.3 is 19.9 Å². The lowest BCUT2D eigenvalue weighted by molar-refractivity contribution is 0.0159. The maximum atomic E-state index is 16.7. The molecule has 262 valence electrons. The molecule has 0 spiro atoms. The number of halogens is 1. The fourth-order valence-electron chi connectivity index (χ4n) is 6.79. The topological polar surface area (TPSA) is 138 Å². The van der Waals surface area contributed by atoms with E-state index >= 15 is 4.39 Å². The number of amides is 2. The average molecular weight is 683 g/mol. The number of aryl methyl sites for hydroxylation is 2. The van der Waals surface area contributed by atoms with Gasteiger partial charge in [0, 0.05) is 55.3 Å². The summed E-state index contributed by atoms with van der Waals surface area (Å²) in [6.07, 6.45) is 2.86. The maximum Gasteiger partial charge on any atom is 0.410 e. The number of aromatic amines is 1. The molecule has 1 aliphatic heterocycles. The lowest BCUT2D eigenvalue weighted by atomic mass is 9.98. The molecule has 1 fully saturated rings. The number of pyridine rings is 3. The summed E-state index contributed by atoms with van der Waals surface area (Å²) in [5.74, 6) is -1.35. The van der Waals surface area contributed by atoms with Gasteiger partial charge in [-0.1, -0.05) is 19.9 Å². The number of nitrogens with zero attached hydrogens (tertiary/aromatic N) is 6. The quantitative estimate of drug-likeness (QED) is 0.230. The van der Waals surface area contributed by atoms with Crippen molar-refractivity contribution < 1.29 is 18.7 Å². The Bertz CT molecular complexity index is 2220. The van der Waals surface area contributed by atoms with Gasteiger partial charge in [0.25, 0.3) is 11.5 Å². The Morgan fingerprint density at radius 2 is 1.82 bits per heavy atom. The largest absolute Gasteiger partial charge is 0.444 e. The van der Waals surface area contributed by atoms with E-state index in [9.17, 15) is 14.4 Å². The molecular weight excluding hydrogens is 639 g/mol. The average Bonchev–Trinajstić information content (AvgIpc) is 3.52. The summed E-state index contributed by atoms with van der Waals surface area (Å²) in [6, 6.07) is 6.53. The number of nitrogens with one attached hydrogen (secondary N) is 2. The first-order valence-corrected chi connectivity index (χ1v) is 16.8. The number of fused-ring (bicyclic) bond motifs is 2. The Morgan fingerprint density at radius 3 is 2.48 bits per heavy atom. The smallest absolute Gasteiger partial charge is 0.410 e. The van der Waals surface area contributed by atoms with Gasteiger partial charge in [0.1, 0.15) is 22.7 Å². The molecule has 0 aliphatic carbocycles. The van der Waals surface area contributed by atoms with Crippen LogP contribution in [0.1, 0.15) is 74.6 Å². The Morgan fingerprint density at radius 1 is 1.08 bits per heavy atom. The number of anilines is 1. The Hall–Kier alpha value is -5.33. The van der Waals surface area contributed by atoms with E-state index in [0.29, 0.717) is 27.8 Å². The van der Waals surface area contributed by atoms with Crippen molar-refractivity contribution in [1.82, 2.24) is 34.9 Å². The molecule has 4 aromatic heterocycles. The maximum absolute atomic E-state index is 16.7. The van der Waals surface area contributed by atoms with Gasteiger partial charge in [0.2, 0.25) is 0 Å². The van der Waals surface area contributed by atoms with Gasteiger partial charge in [-0.15, -0.1) is 0 Å². The fraction of sp³-hybridized carbons (Fsp3) is 0.405. The van der Waals surface area contributed by atoms with Crippen molar-refractivity contribution in [2.24, 2.45) is 0 Å². The zero-order chi connectivity index (χ0) is 36.2. The van der Waals surface area contributed by atoms with Crippen molar-refractivity contribution in [2.75, 3.05) is 31.6 Å². The van der Waals surface area contributed by atoms with Crippen LogP contribution in [-0.4, -0.2) is 80.0 Å². The van der Waals surface area contributed by atoms with Crippen molar-refractivity contribution in [2.45, 2.75) is 73.0 Å². The zero-order valence-electron chi connectivity index (χ0n) is 29.9. The van der Waals surface area contributed by atoms with Crippen LogP contribution in [0, 0.1) is 19.7 Å². The van der Waals surface area contributed by atoms with Crippen LogP contribution in [0.5, 0.6) is 0 Å². The monoisotopic (exact) mass is 682 g/mol. The molecule has 5 heterocycles. The van der Waals surface area contributed by atoms with E-state index in [1.165, 1.54) is 17.7 Å². The number of carbonyl (C=O) groups is 2. The molecule has 0 bridgehead atoms. The summed E-state index contributed by atoms with van der Waals surface area (Å²) in [7, 11) is 1.45. The van der Waals surface area contributed by atoms with Crippen molar-refractivity contribution in [3.05, 3.63) is 75.2 Å². The highest BCUT2D eigenvalue weighted by Gasteiger charge is 2.36. The first-order chi connectivity index (χ1) is 23.6. The molecule has 1 atom stereocenters. The second kappa shape index (κ2) is 12.8. The van der Waals surface area contributed by atoms with Crippen LogP contribution < -0.4 is 15.8 Å². The predicted molar refractivity (Wildman–Crippen MR) is 192 cm³/mol. The second-order valence-electron chi connectivity index (χ2n) is 14.2. The molecule has 50 heavy (non-hydrogen) atoms. The van der Waals surface area contributed by atoms with E-state index in [-0.39, 0.29) is 59.6 Å². The molecule has 1 saturated heterocycles. The van der Waals surface area contributed by atoms with Crippen LogP contribution in [-0.2, 0) is 4.74 Å². The predicted octanol–water partition coefficient (Wildman–Crippen LogP) is 6.01. The van der Waals surface area contributed by atoms with Crippen LogP contribution in [0.2, 0.25) is 0 Å². The molecule has 2 amide bonds. The van der Waals surface area contributed by atoms with Crippen molar-refractivity contribution in [3.63, 3.8) is 0 Å². The number of aromatic nitrogens is 5. The van der Waals surface area contributed by atoms with E-state index in [0.717, 1.165) is 11.1 Å². The number of hydrogen-bond acceptors (Lipinski definition) is 8. The summed E-state index contributed by atoms with van der Waals surface area (Å²) in [6.45, 7) is 15.7. The first kappa shape index (κ1) is 34.5. The highest BCUT2D eigenvalue weighted by atomic mass is 19.1. The van der Waals surface area contributed by atoms with E-state index in [1.807, 2.05) is 72.4 Å². The van der Waals surface area contributed by atoms with Crippen molar-refractivity contribution in [3.8, 4) is 16.9 Å². The third kappa shape index (κ3) is 5.94. The summed E-state index contributed by atoms with van der Waals surface area (Å²) in [4.78, 5) is 55.0. The zero-order valence-corrected chi connectivity index (χ0v) is 29.9. The molecule has 5 aromatic rings. The van der Waals surface area contributed by atoms with E-state index in [1.54, 1.807) is 23.4 Å². The Balaban J connectivity index is 1.68. The molecule has 2 N–H and O–H groups in total. The Labute approximate surface area is 289 Å². The van der Waals surface area contributed by atoms with E-state index in [2.05, 4.69) is 20.5 Å². The van der Waals surface area contributed by atoms with Gasteiger partial charge in [-0.25, -0.2) is 14.2 Å². The highest BCUT2D eigenvalue weighted by Crippen LogP contribution is 2.38. The lowest BCUT2D eigenvalue weighted by Crippen LogP contribution is -2.55. The summed E-state index contributed by atoms with van der Waals surface area (Å²) >= 11 is 0. The minimum atomic E-state index is -0.680. The third-order valence-corrected chi connectivity index (χ3v) is 9.10. The van der Waals surface area contributed by atoms with E-state index < -0.39 is 29.0 Å². The molecule has 0 saturated carbocycles. The normalized spacial score (nSPS) is 15.3. The van der Waals surface area contributed by atoms with Gasteiger partial charge in [0.05, 0.1) is 28.8 Å². The molecule has 1 aliphatic rings. The number of benzene rings is 1. The second-order valence-corrected chi connectivity index (χ2v) is 14.2. The van der Waals surface area contributed by atoms with Crippen molar-refractivity contribution >= 4 is 39.6 Å². The number of hydrogen-bond donors (Lipinski definition) is 2. The molecule has 6 rings (SSSR count). The molecular formula is C37H43FN8O4. The molecule has 0 radical (unpaired) electrons. The number of carbonyl (C=O) groups excluding carboxylic acids is 2. The third-order valence-electron chi connectivity index (χ3n) is 9.10. The van der Waals surface area contributed by atoms with Gasteiger partial charge in [0.15, 0.2) is 5.65 Å². The van der Waals surface area contributed by atoms with Crippen LogP contribution in [0.25, 0.3) is 38.9 Å². The van der Waals surface area contributed by atoms with Crippen LogP contribution >= 0.6 is 0 Å². The fourth-order valence-corrected chi connectivity index (χ4v) is 6.79. The van der Waals surface area contributed by atoms with Gasteiger partial charge in [-0.05, 0) is 76.8 Å². The molecule has 0 unspecified atom stereocenters. The van der Waals surface area contributed by atoms with Gasteiger partial charge >= 0.3 is 6.09 Å². The number of rotatable bonds is 5. The summed E-state index contributed by atoms with van der Waals surface area (Å²) < 4.78 is 23.8. The van der Waals surface area contributed by atoms with Gasteiger partial charge in [-0.2, -0.15) is 5.10 Å². The summed E-state index contributed by atoms with van der Waals surface area (Å²) in [5.41, 5.74) is 2.90. The van der Waals surface area contributed by atoms with Crippen LogP contribution in [0.4, 0.5) is 14.9 Å². The minimum Gasteiger partial charge on any atom is -0.444 e. The molecule has 1 aromatic carbocycles.